The Morgan fingerprint density at radius 3 is 2.45 bits per heavy atom. The Labute approximate surface area is 115 Å². The van der Waals surface area contributed by atoms with Gasteiger partial charge in [0.15, 0.2) is 11.5 Å². The number of carbonyl (C=O) groups is 1. The van der Waals surface area contributed by atoms with E-state index < -0.39 is 5.91 Å². The Morgan fingerprint density at radius 2 is 1.90 bits per heavy atom. The molecule has 1 amide bonds. The van der Waals surface area contributed by atoms with Crippen molar-refractivity contribution >= 4 is 11.9 Å². The summed E-state index contributed by atoms with van der Waals surface area (Å²) in [6.07, 6.45) is 1.29. The van der Waals surface area contributed by atoms with Crippen LogP contribution in [0, 0.1) is 0 Å². The highest BCUT2D eigenvalue weighted by atomic mass is 16.5. The van der Waals surface area contributed by atoms with Crippen LogP contribution in [-0.4, -0.2) is 42.4 Å². The van der Waals surface area contributed by atoms with Gasteiger partial charge >= 0.3 is 0 Å². The zero-order valence-electron chi connectivity index (χ0n) is 11.3. The second-order valence-corrected chi connectivity index (χ2v) is 3.67. The first-order valence-corrected chi connectivity index (χ1v) is 5.67. The molecule has 0 radical (unpaired) electrons. The molecule has 0 spiro atoms. The Hall–Kier alpha value is -2.77. The van der Waals surface area contributed by atoms with Crippen LogP contribution in [0.5, 0.6) is 17.2 Å². The number of hydrogen-bond acceptors (Lipinski definition) is 6. The molecule has 0 aliphatic rings. The Kier molecular flexibility index (Phi) is 4.04. The average molecular weight is 278 g/mol. The summed E-state index contributed by atoms with van der Waals surface area (Å²) in [6.45, 7) is 0. The number of rotatable bonds is 5. The van der Waals surface area contributed by atoms with Gasteiger partial charge in [-0.2, -0.15) is 10.1 Å². The molecule has 0 aliphatic heterocycles. The highest BCUT2D eigenvalue weighted by molar-refractivity contribution is 6.06. The number of nitrogens with zero attached hydrogens (tertiary/aromatic N) is 2. The Balaban J connectivity index is 2.38. The quantitative estimate of drug-likeness (QED) is 0.849. The summed E-state index contributed by atoms with van der Waals surface area (Å²) in [5.74, 6) is 0.941. The Morgan fingerprint density at radius 1 is 1.15 bits per heavy atom. The first-order valence-electron chi connectivity index (χ1n) is 5.67. The van der Waals surface area contributed by atoms with E-state index in [2.05, 4.69) is 20.5 Å². The third-order valence-corrected chi connectivity index (χ3v) is 2.60. The smallest absolute Gasteiger partial charge is 0.261 e. The van der Waals surface area contributed by atoms with Gasteiger partial charge in [-0.25, -0.2) is 5.10 Å². The number of ether oxygens (including phenoxy) is 3. The maximum absolute atomic E-state index is 12.2. The number of hydrogen-bond donors (Lipinski definition) is 2. The third-order valence-electron chi connectivity index (χ3n) is 2.60. The predicted molar refractivity (Wildman–Crippen MR) is 70.4 cm³/mol. The molecule has 0 unspecified atom stereocenters. The van der Waals surface area contributed by atoms with Crippen LogP contribution in [0.2, 0.25) is 0 Å². The second-order valence-electron chi connectivity index (χ2n) is 3.67. The van der Waals surface area contributed by atoms with Crippen molar-refractivity contribution in [1.29, 1.82) is 0 Å². The first-order chi connectivity index (χ1) is 9.71. The molecule has 0 bridgehead atoms. The molecule has 0 fully saturated rings. The molecule has 0 atom stereocenters. The lowest BCUT2D eigenvalue weighted by Gasteiger charge is -2.14. The molecule has 0 saturated carbocycles. The van der Waals surface area contributed by atoms with Gasteiger partial charge < -0.3 is 14.2 Å². The molecule has 2 rings (SSSR count). The van der Waals surface area contributed by atoms with Gasteiger partial charge in [-0.05, 0) is 12.1 Å². The molecule has 1 aromatic carbocycles. The van der Waals surface area contributed by atoms with Crippen LogP contribution in [-0.2, 0) is 0 Å². The topological polar surface area (TPSA) is 98.4 Å². The Bertz CT molecular complexity index is 598. The monoisotopic (exact) mass is 278 g/mol. The van der Waals surface area contributed by atoms with Crippen LogP contribution in [0.3, 0.4) is 0 Å². The van der Waals surface area contributed by atoms with E-state index in [1.165, 1.54) is 27.7 Å². The highest BCUT2D eigenvalue weighted by Crippen LogP contribution is 2.39. The van der Waals surface area contributed by atoms with Gasteiger partial charge in [0.2, 0.25) is 11.7 Å². The zero-order valence-corrected chi connectivity index (χ0v) is 11.3. The van der Waals surface area contributed by atoms with Crippen molar-refractivity contribution in [2.75, 3.05) is 26.6 Å². The number of benzene rings is 1. The van der Waals surface area contributed by atoms with E-state index in [0.29, 0.717) is 17.1 Å². The maximum Gasteiger partial charge on any atom is 0.261 e. The van der Waals surface area contributed by atoms with Crippen LogP contribution in [0.4, 0.5) is 5.95 Å². The summed E-state index contributed by atoms with van der Waals surface area (Å²) in [7, 11) is 4.42. The molecule has 1 aromatic heterocycles. The van der Waals surface area contributed by atoms with E-state index in [9.17, 15) is 4.79 Å². The van der Waals surface area contributed by atoms with Gasteiger partial charge in [0, 0.05) is 0 Å². The SMILES string of the molecule is COc1ccc(C(=O)Nc2ncn[nH]2)c(OC)c1OC. The van der Waals surface area contributed by atoms with E-state index >= 15 is 0 Å². The van der Waals surface area contributed by atoms with Gasteiger partial charge in [0.1, 0.15) is 6.33 Å². The van der Waals surface area contributed by atoms with E-state index in [4.69, 9.17) is 14.2 Å². The average Bonchev–Trinajstić information content (AvgIpc) is 2.98. The highest BCUT2D eigenvalue weighted by Gasteiger charge is 2.21. The maximum atomic E-state index is 12.2. The number of carbonyl (C=O) groups excluding carboxylic acids is 1. The summed E-state index contributed by atoms with van der Waals surface area (Å²) in [5.41, 5.74) is 0.293. The lowest BCUT2D eigenvalue weighted by atomic mass is 10.1. The lowest BCUT2D eigenvalue weighted by Crippen LogP contribution is -2.14. The molecule has 106 valence electrons. The van der Waals surface area contributed by atoms with Gasteiger partial charge in [-0.1, -0.05) is 0 Å². The van der Waals surface area contributed by atoms with Crippen LogP contribution >= 0.6 is 0 Å². The fourth-order valence-electron chi connectivity index (χ4n) is 1.72. The molecular weight excluding hydrogens is 264 g/mol. The minimum Gasteiger partial charge on any atom is -0.493 e. The number of amides is 1. The third kappa shape index (κ3) is 2.48. The fourth-order valence-corrected chi connectivity index (χ4v) is 1.72. The largest absolute Gasteiger partial charge is 0.493 e. The van der Waals surface area contributed by atoms with Crippen molar-refractivity contribution in [2.24, 2.45) is 0 Å². The minimum absolute atomic E-state index is 0.242. The predicted octanol–water partition coefficient (Wildman–Crippen LogP) is 1.08. The number of methoxy groups -OCH3 is 3. The van der Waals surface area contributed by atoms with Crippen LogP contribution in [0.1, 0.15) is 10.4 Å². The van der Waals surface area contributed by atoms with Crippen molar-refractivity contribution in [3.8, 4) is 17.2 Å². The summed E-state index contributed by atoms with van der Waals surface area (Å²) < 4.78 is 15.6. The molecule has 1 heterocycles. The standard InChI is InChI=1S/C12H14N4O4/c1-18-8-5-4-7(9(19-2)10(8)20-3)11(17)15-12-13-6-14-16-12/h4-6H,1-3H3,(H2,13,14,15,16,17). The molecule has 8 heteroatoms. The summed E-state index contributed by atoms with van der Waals surface area (Å²) in [6, 6.07) is 3.20. The zero-order chi connectivity index (χ0) is 14.5. The van der Waals surface area contributed by atoms with Crippen molar-refractivity contribution in [3.63, 3.8) is 0 Å². The summed E-state index contributed by atoms with van der Waals surface area (Å²) in [5, 5.41) is 8.74. The number of nitrogens with one attached hydrogen (secondary N) is 2. The molecular formula is C12H14N4O4. The molecule has 0 aliphatic carbocycles. The number of anilines is 1. The van der Waals surface area contributed by atoms with Crippen LogP contribution in [0.15, 0.2) is 18.5 Å². The number of aromatic amines is 1. The summed E-state index contributed by atoms with van der Waals surface area (Å²) >= 11 is 0. The number of aromatic nitrogens is 3. The van der Waals surface area contributed by atoms with E-state index in [0.717, 1.165) is 0 Å². The van der Waals surface area contributed by atoms with Crippen molar-refractivity contribution in [2.45, 2.75) is 0 Å². The minimum atomic E-state index is -0.403. The van der Waals surface area contributed by atoms with Crippen molar-refractivity contribution in [3.05, 3.63) is 24.0 Å². The van der Waals surface area contributed by atoms with Gasteiger partial charge in [-0.15, -0.1) is 0 Å². The van der Waals surface area contributed by atoms with E-state index in [1.807, 2.05) is 0 Å². The summed E-state index contributed by atoms with van der Waals surface area (Å²) in [4.78, 5) is 16.0. The van der Waals surface area contributed by atoms with Crippen LogP contribution in [0.25, 0.3) is 0 Å². The molecule has 20 heavy (non-hydrogen) atoms. The van der Waals surface area contributed by atoms with Crippen LogP contribution < -0.4 is 19.5 Å². The van der Waals surface area contributed by atoms with Gasteiger partial charge in [0.05, 0.1) is 26.9 Å². The second kappa shape index (κ2) is 5.91. The molecule has 0 saturated heterocycles. The van der Waals surface area contributed by atoms with E-state index in [-0.39, 0.29) is 11.7 Å². The normalized spacial score (nSPS) is 9.95. The lowest BCUT2D eigenvalue weighted by molar-refractivity contribution is 0.102. The first kappa shape index (κ1) is 13.7. The number of H-pyrrole nitrogens is 1. The van der Waals surface area contributed by atoms with E-state index in [1.54, 1.807) is 12.1 Å². The van der Waals surface area contributed by atoms with Gasteiger partial charge in [-0.3, -0.25) is 10.1 Å². The van der Waals surface area contributed by atoms with Crippen molar-refractivity contribution < 1.29 is 19.0 Å². The van der Waals surface area contributed by atoms with Crippen molar-refractivity contribution in [1.82, 2.24) is 15.2 Å². The fraction of sp³-hybridized carbons (Fsp3) is 0.250. The molecule has 2 aromatic rings. The molecule has 2 N–H and O–H groups in total. The molecule has 8 nitrogen and oxygen atoms in total. The van der Waals surface area contributed by atoms with Gasteiger partial charge in [0.25, 0.3) is 5.91 Å².